The number of sulfonamides is 1. The number of aryl methyl sites for hydroxylation is 3. The van der Waals surface area contributed by atoms with E-state index < -0.39 is 10.0 Å². The zero-order valence-corrected chi connectivity index (χ0v) is 17.3. The van der Waals surface area contributed by atoms with Gasteiger partial charge in [-0.15, -0.1) is 10.2 Å². The molecule has 146 valence electrons. The van der Waals surface area contributed by atoms with E-state index in [9.17, 15) is 13.2 Å². The average molecular weight is 410 g/mol. The van der Waals surface area contributed by atoms with Gasteiger partial charge in [0, 0.05) is 33.2 Å². The van der Waals surface area contributed by atoms with Crippen molar-refractivity contribution in [3.05, 3.63) is 35.7 Å². The van der Waals surface area contributed by atoms with Crippen LogP contribution in [0.3, 0.4) is 0 Å². The SMILES string of the molecule is Cc1ccc(S(=O)(=O)N2CCN(C(=O)CSc3nncn3C)CC2)c(C)c1. The molecular formula is C17H23N5O3S2. The van der Waals surface area contributed by atoms with Crippen molar-refractivity contribution in [2.24, 2.45) is 7.05 Å². The fourth-order valence-electron chi connectivity index (χ4n) is 3.03. The molecule has 0 aliphatic carbocycles. The Labute approximate surface area is 163 Å². The Morgan fingerprint density at radius 2 is 1.89 bits per heavy atom. The zero-order chi connectivity index (χ0) is 19.6. The third-order valence-corrected chi connectivity index (χ3v) is 7.61. The number of thioether (sulfide) groups is 1. The van der Waals surface area contributed by atoms with Gasteiger partial charge in [-0.3, -0.25) is 4.79 Å². The van der Waals surface area contributed by atoms with Gasteiger partial charge >= 0.3 is 0 Å². The highest BCUT2D eigenvalue weighted by atomic mass is 32.2. The lowest BCUT2D eigenvalue weighted by atomic mass is 10.2. The third-order valence-electron chi connectivity index (χ3n) is 4.53. The molecule has 0 saturated carbocycles. The summed E-state index contributed by atoms with van der Waals surface area (Å²) in [6, 6.07) is 5.34. The Kier molecular flexibility index (Phi) is 5.87. The van der Waals surface area contributed by atoms with E-state index in [1.807, 2.05) is 33.0 Å². The molecule has 1 aromatic heterocycles. The number of carbonyl (C=O) groups is 1. The monoisotopic (exact) mass is 409 g/mol. The number of rotatable bonds is 5. The van der Waals surface area contributed by atoms with Crippen molar-refractivity contribution in [2.75, 3.05) is 31.9 Å². The van der Waals surface area contributed by atoms with Gasteiger partial charge in [0.2, 0.25) is 15.9 Å². The van der Waals surface area contributed by atoms with Crippen molar-refractivity contribution in [1.29, 1.82) is 0 Å². The predicted octanol–water partition coefficient (Wildman–Crippen LogP) is 1.06. The van der Waals surface area contributed by atoms with Gasteiger partial charge in [-0.05, 0) is 25.5 Å². The molecule has 0 bridgehead atoms. The fourth-order valence-corrected chi connectivity index (χ4v) is 5.45. The summed E-state index contributed by atoms with van der Waals surface area (Å²) in [5, 5.41) is 8.41. The van der Waals surface area contributed by atoms with Crippen LogP contribution < -0.4 is 0 Å². The number of nitrogens with zero attached hydrogens (tertiary/aromatic N) is 5. The lowest BCUT2D eigenvalue weighted by Gasteiger charge is -2.34. The van der Waals surface area contributed by atoms with Crippen molar-refractivity contribution in [2.45, 2.75) is 23.9 Å². The summed E-state index contributed by atoms with van der Waals surface area (Å²) < 4.78 is 29.0. The molecule has 0 N–H and O–H groups in total. The lowest BCUT2D eigenvalue weighted by molar-refractivity contribution is -0.129. The Bertz CT molecular complexity index is 934. The van der Waals surface area contributed by atoms with E-state index in [-0.39, 0.29) is 11.7 Å². The minimum atomic E-state index is -3.54. The minimum Gasteiger partial charge on any atom is -0.339 e. The molecule has 1 aliphatic heterocycles. The molecular weight excluding hydrogens is 386 g/mol. The van der Waals surface area contributed by atoms with Crippen molar-refractivity contribution < 1.29 is 13.2 Å². The lowest BCUT2D eigenvalue weighted by Crippen LogP contribution is -2.51. The van der Waals surface area contributed by atoms with Crippen LogP contribution in [-0.4, -0.2) is 70.2 Å². The van der Waals surface area contributed by atoms with E-state index in [2.05, 4.69) is 10.2 Å². The first-order valence-electron chi connectivity index (χ1n) is 8.61. The second-order valence-electron chi connectivity index (χ2n) is 6.57. The van der Waals surface area contributed by atoms with Gasteiger partial charge in [-0.1, -0.05) is 29.5 Å². The summed E-state index contributed by atoms with van der Waals surface area (Å²) in [6.07, 6.45) is 1.59. The number of amides is 1. The molecule has 3 rings (SSSR count). The van der Waals surface area contributed by atoms with Crippen LogP contribution in [0.2, 0.25) is 0 Å². The summed E-state index contributed by atoms with van der Waals surface area (Å²) in [7, 11) is -1.72. The van der Waals surface area contributed by atoms with Crippen LogP contribution in [0.25, 0.3) is 0 Å². The summed E-state index contributed by atoms with van der Waals surface area (Å²) in [5.41, 5.74) is 1.77. The molecule has 1 saturated heterocycles. The molecule has 27 heavy (non-hydrogen) atoms. The van der Waals surface area contributed by atoms with E-state index in [4.69, 9.17) is 0 Å². The first-order valence-corrected chi connectivity index (χ1v) is 11.0. The van der Waals surface area contributed by atoms with Gasteiger partial charge in [0.1, 0.15) is 6.33 Å². The van der Waals surface area contributed by atoms with Crippen LogP contribution >= 0.6 is 11.8 Å². The molecule has 0 atom stereocenters. The highest BCUT2D eigenvalue weighted by molar-refractivity contribution is 7.99. The predicted molar refractivity (Wildman–Crippen MR) is 103 cm³/mol. The molecule has 0 spiro atoms. The normalized spacial score (nSPS) is 15.9. The Hall–Kier alpha value is -1.91. The smallest absolute Gasteiger partial charge is 0.243 e. The van der Waals surface area contributed by atoms with Crippen molar-refractivity contribution in [3.63, 3.8) is 0 Å². The van der Waals surface area contributed by atoms with Crippen LogP contribution in [0, 0.1) is 13.8 Å². The molecule has 1 aromatic carbocycles. The first kappa shape index (κ1) is 19.8. The largest absolute Gasteiger partial charge is 0.339 e. The molecule has 10 heteroatoms. The number of hydrogen-bond donors (Lipinski definition) is 0. The summed E-state index contributed by atoms with van der Waals surface area (Å²) in [4.78, 5) is 14.4. The molecule has 1 fully saturated rings. The number of piperazine rings is 1. The third kappa shape index (κ3) is 4.33. The van der Waals surface area contributed by atoms with Crippen molar-refractivity contribution >= 4 is 27.7 Å². The molecule has 1 amide bonds. The molecule has 0 radical (unpaired) electrons. The topological polar surface area (TPSA) is 88.4 Å². The highest BCUT2D eigenvalue weighted by Crippen LogP contribution is 2.22. The summed E-state index contributed by atoms with van der Waals surface area (Å²) in [5.74, 6) is 0.239. The van der Waals surface area contributed by atoms with E-state index in [0.29, 0.717) is 36.2 Å². The number of benzene rings is 1. The number of aromatic nitrogens is 3. The standard InChI is InChI=1S/C17H23N5O3S2/c1-13-4-5-15(14(2)10-13)27(24,25)22-8-6-21(7-9-22)16(23)11-26-17-19-18-12-20(17)3/h4-5,10,12H,6-9,11H2,1-3H3. The van der Waals surface area contributed by atoms with Crippen molar-refractivity contribution in [1.82, 2.24) is 24.0 Å². The highest BCUT2D eigenvalue weighted by Gasteiger charge is 2.31. The first-order chi connectivity index (χ1) is 12.8. The van der Waals surface area contributed by atoms with Crippen LogP contribution in [-0.2, 0) is 21.9 Å². The summed E-state index contributed by atoms with van der Waals surface area (Å²) in [6.45, 7) is 5.13. The van der Waals surface area contributed by atoms with Crippen LogP contribution in [0.15, 0.2) is 34.6 Å². The second-order valence-corrected chi connectivity index (χ2v) is 9.42. The van der Waals surface area contributed by atoms with E-state index in [1.54, 1.807) is 21.9 Å². The number of carbonyl (C=O) groups excluding carboxylic acids is 1. The van der Waals surface area contributed by atoms with Gasteiger partial charge < -0.3 is 9.47 Å². The quantitative estimate of drug-likeness (QED) is 0.686. The fraction of sp³-hybridized carbons (Fsp3) is 0.471. The van der Waals surface area contributed by atoms with Crippen molar-refractivity contribution in [3.8, 4) is 0 Å². The average Bonchev–Trinajstić information content (AvgIpc) is 3.04. The maximum atomic E-state index is 12.9. The maximum absolute atomic E-state index is 12.9. The molecule has 0 unspecified atom stereocenters. The van der Waals surface area contributed by atoms with Gasteiger partial charge in [-0.25, -0.2) is 8.42 Å². The molecule has 2 aromatic rings. The maximum Gasteiger partial charge on any atom is 0.243 e. The van der Waals surface area contributed by atoms with Gasteiger partial charge in [0.15, 0.2) is 5.16 Å². The van der Waals surface area contributed by atoms with Crippen LogP contribution in [0.1, 0.15) is 11.1 Å². The number of hydrogen-bond acceptors (Lipinski definition) is 6. The Morgan fingerprint density at radius 1 is 1.19 bits per heavy atom. The zero-order valence-electron chi connectivity index (χ0n) is 15.6. The second kappa shape index (κ2) is 7.99. The molecule has 2 heterocycles. The van der Waals surface area contributed by atoms with E-state index in [1.165, 1.54) is 16.1 Å². The van der Waals surface area contributed by atoms with Crippen LogP contribution in [0.5, 0.6) is 0 Å². The Morgan fingerprint density at radius 3 is 2.48 bits per heavy atom. The van der Waals surface area contributed by atoms with Crippen LogP contribution in [0.4, 0.5) is 0 Å². The molecule has 1 aliphatic rings. The minimum absolute atomic E-state index is 0.0217. The van der Waals surface area contributed by atoms with E-state index in [0.717, 1.165) is 11.1 Å². The van der Waals surface area contributed by atoms with Gasteiger partial charge in [-0.2, -0.15) is 4.31 Å². The summed E-state index contributed by atoms with van der Waals surface area (Å²) >= 11 is 1.33. The van der Waals surface area contributed by atoms with E-state index >= 15 is 0 Å². The Balaban J connectivity index is 1.59. The van der Waals surface area contributed by atoms with Gasteiger partial charge in [0.05, 0.1) is 10.6 Å². The molecule has 8 nitrogen and oxygen atoms in total. The van der Waals surface area contributed by atoms with Gasteiger partial charge in [0.25, 0.3) is 0 Å².